The molecule has 0 aromatic heterocycles. The van der Waals surface area contributed by atoms with E-state index in [0.29, 0.717) is 5.56 Å². The van der Waals surface area contributed by atoms with Gasteiger partial charge in [-0.3, -0.25) is 0 Å². The molecule has 5 rings (SSSR count). The van der Waals surface area contributed by atoms with Crippen LogP contribution in [-0.4, -0.2) is 19.1 Å². The van der Waals surface area contributed by atoms with Crippen molar-refractivity contribution in [2.45, 2.75) is 18.4 Å². The van der Waals surface area contributed by atoms with Gasteiger partial charge in [0.1, 0.15) is 5.60 Å². The average molecular weight is 382 g/mol. The van der Waals surface area contributed by atoms with Crippen LogP contribution in [0.15, 0.2) is 84.9 Å². The van der Waals surface area contributed by atoms with Crippen molar-refractivity contribution in [2.75, 3.05) is 13.1 Å². The molecule has 0 unspecified atom stereocenters. The first-order chi connectivity index (χ1) is 14.3. The van der Waals surface area contributed by atoms with Gasteiger partial charge >= 0.3 is 5.97 Å². The van der Waals surface area contributed by atoms with Crippen LogP contribution < -0.4 is 5.32 Å². The molecule has 1 aliphatic heterocycles. The highest BCUT2D eigenvalue weighted by atomic mass is 16.6. The molecule has 4 aromatic carbocycles. The van der Waals surface area contributed by atoms with Gasteiger partial charge in [0.15, 0.2) is 0 Å². The molecule has 1 heterocycles. The van der Waals surface area contributed by atoms with Gasteiger partial charge in [-0.25, -0.2) is 4.79 Å². The number of carbonyl (C=O) groups excluding carboxylic acids is 1. The van der Waals surface area contributed by atoms with Crippen molar-refractivity contribution in [3.8, 4) is 0 Å². The molecule has 4 aromatic rings. The maximum absolute atomic E-state index is 13.7. The Balaban J connectivity index is 1.65. The third kappa shape index (κ3) is 3.18. The predicted octanol–water partition coefficient (Wildman–Crippen LogP) is 4.40. The Hall–Kier alpha value is -3.17. The number of hydrogen-bond donors (Lipinski definition) is 1. The second-order valence-electron chi connectivity index (χ2n) is 7.81. The van der Waals surface area contributed by atoms with E-state index in [1.165, 1.54) is 0 Å². The van der Waals surface area contributed by atoms with Gasteiger partial charge in [-0.1, -0.05) is 78.9 Å². The lowest BCUT2D eigenvalue weighted by Gasteiger charge is -2.36. The van der Waals surface area contributed by atoms with Crippen LogP contribution in [0.1, 0.15) is 28.8 Å². The summed E-state index contributed by atoms with van der Waals surface area (Å²) in [5.41, 5.74) is 1.19. The molecule has 0 spiro atoms. The van der Waals surface area contributed by atoms with Gasteiger partial charge in [0.05, 0.1) is 18.7 Å². The monoisotopic (exact) mass is 382 g/mol. The molecule has 0 amide bonds. The molecule has 29 heavy (non-hydrogen) atoms. The third-order valence-corrected chi connectivity index (χ3v) is 6.07. The number of ether oxygens (including phenoxy) is 1. The number of hydrogen-bond acceptors (Lipinski definition) is 2. The number of esters is 1. The highest BCUT2D eigenvalue weighted by Crippen LogP contribution is 2.37. The van der Waals surface area contributed by atoms with Crippen molar-refractivity contribution >= 4 is 27.5 Å². The molecule has 0 bridgehead atoms. The molecule has 3 heteroatoms. The fourth-order valence-corrected chi connectivity index (χ4v) is 4.59. The van der Waals surface area contributed by atoms with Crippen molar-refractivity contribution in [1.82, 2.24) is 0 Å². The van der Waals surface area contributed by atoms with Crippen LogP contribution in [0.25, 0.3) is 21.5 Å². The summed E-state index contributed by atoms with van der Waals surface area (Å²) < 4.78 is 6.41. The van der Waals surface area contributed by atoms with E-state index >= 15 is 0 Å². The SMILES string of the molecule is O=C(OC1(c2ccccc2)CC[NH2+]CC1)c1c2ccccc2cc2ccccc12. The zero-order chi connectivity index (χ0) is 19.7. The summed E-state index contributed by atoms with van der Waals surface area (Å²) in [5.74, 6) is -0.233. The molecule has 3 nitrogen and oxygen atoms in total. The van der Waals surface area contributed by atoms with E-state index in [1.807, 2.05) is 54.6 Å². The van der Waals surface area contributed by atoms with Crippen molar-refractivity contribution in [3.63, 3.8) is 0 Å². The van der Waals surface area contributed by atoms with Crippen molar-refractivity contribution in [3.05, 3.63) is 96.1 Å². The lowest BCUT2D eigenvalue weighted by atomic mass is 9.84. The molecule has 0 saturated carbocycles. The van der Waals surface area contributed by atoms with E-state index in [9.17, 15) is 4.79 Å². The Labute approximate surface area is 170 Å². The standard InChI is InChI=1S/C26H23NO2/c28-25(29-26(14-16-27-17-15-26)21-10-2-1-3-11-21)24-22-12-6-4-8-19(22)18-20-9-5-7-13-23(20)24/h1-13,18,27H,14-17H2/p+1. The number of benzene rings is 4. The van der Waals surface area contributed by atoms with E-state index in [2.05, 4.69) is 35.6 Å². The van der Waals surface area contributed by atoms with Gasteiger partial charge in [0.2, 0.25) is 0 Å². The molecule has 0 atom stereocenters. The Morgan fingerprint density at radius 2 is 1.31 bits per heavy atom. The molecular formula is C26H24NO2+. The van der Waals surface area contributed by atoms with E-state index in [-0.39, 0.29) is 5.97 Å². The van der Waals surface area contributed by atoms with Crippen LogP contribution in [0.2, 0.25) is 0 Å². The predicted molar refractivity (Wildman–Crippen MR) is 116 cm³/mol. The maximum atomic E-state index is 13.7. The van der Waals surface area contributed by atoms with E-state index in [1.54, 1.807) is 0 Å². The van der Waals surface area contributed by atoms with Gasteiger partial charge in [-0.15, -0.1) is 0 Å². The average Bonchev–Trinajstić information content (AvgIpc) is 2.78. The molecular weight excluding hydrogens is 358 g/mol. The topological polar surface area (TPSA) is 42.9 Å². The minimum absolute atomic E-state index is 0.233. The van der Waals surface area contributed by atoms with Crippen LogP contribution in [0.4, 0.5) is 0 Å². The Kier molecular flexibility index (Phi) is 4.53. The van der Waals surface area contributed by atoms with Crippen LogP contribution in [-0.2, 0) is 10.3 Å². The minimum atomic E-state index is -0.564. The smallest absolute Gasteiger partial charge is 0.340 e. The Bertz CT molecular complexity index is 1120. The second-order valence-corrected chi connectivity index (χ2v) is 7.81. The quantitative estimate of drug-likeness (QED) is 0.421. The lowest BCUT2D eigenvalue weighted by molar-refractivity contribution is -0.668. The first-order valence-corrected chi connectivity index (χ1v) is 10.3. The summed E-state index contributed by atoms with van der Waals surface area (Å²) in [4.78, 5) is 13.7. The summed E-state index contributed by atoms with van der Waals surface area (Å²) in [5, 5.41) is 6.30. The van der Waals surface area contributed by atoms with Crippen molar-refractivity contribution in [2.24, 2.45) is 0 Å². The Morgan fingerprint density at radius 3 is 1.93 bits per heavy atom. The largest absolute Gasteiger partial charge is 0.450 e. The summed E-state index contributed by atoms with van der Waals surface area (Å²) in [7, 11) is 0. The van der Waals surface area contributed by atoms with E-state index < -0.39 is 5.60 Å². The highest BCUT2D eigenvalue weighted by molar-refractivity contribution is 6.16. The highest BCUT2D eigenvalue weighted by Gasteiger charge is 2.40. The zero-order valence-electron chi connectivity index (χ0n) is 16.3. The van der Waals surface area contributed by atoms with Gasteiger partial charge in [-0.2, -0.15) is 0 Å². The maximum Gasteiger partial charge on any atom is 0.340 e. The minimum Gasteiger partial charge on any atom is -0.450 e. The molecule has 1 saturated heterocycles. The van der Waals surface area contributed by atoms with E-state index in [0.717, 1.165) is 53.0 Å². The van der Waals surface area contributed by atoms with Gasteiger partial charge in [0, 0.05) is 12.8 Å². The van der Waals surface area contributed by atoms with Crippen LogP contribution >= 0.6 is 0 Å². The van der Waals surface area contributed by atoms with Crippen molar-refractivity contribution < 1.29 is 14.8 Å². The first kappa shape index (κ1) is 17.9. The molecule has 2 N–H and O–H groups in total. The van der Waals surface area contributed by atoms with Gasteiger partial charge in [-0.05, 0) is 33.2 Å². The van der Waals surface area contributed by atoms with Gasteiger partial charge < -0.3 is 10.1 Å². The number of rotatable bonds is 3. The summed E-state index contributed by atoms with van der Waals surface area (Å²) in [6.45, 7) is 1.91. The summed E-state index contributed by atoms with van der Waals surface area (Å²) >= 11 is 0. The van der Waals surface area contributed by atoms with Crippen LogP contribution in [0.3, 0.4) is 0 Å². The molecule has 1 aliphatic rings. The number of nitrogens with two attached hydrogens (primary N) is 1. The molecule has 1 fully saturated rings. The molecule has 0 aliphatic carbocycles. The molecule has 0 radical (unpaired) electrons. The van der Waals surface area contributed by atoms with Gasteiger partial charge in [0.25, 0.3) is 0 Å². The second kappa shape index (κ2) is 7.34. The third-order valence-electron chi connectivity index (χ3n) is 6.07. The fraction of sp³-hybridized carbons (Fsp3) is 0.192. The summed E-state index contributed by atoms with van der Waals surface area (Å²) in [6, 6.07) is 28.5. The number of fused-ring (bicyclic) bond motifs is 2. The lowest BCUT2D eigenvalue weighted by Crippen LogP contribution is -2.87. The first-order valence-electron chi connectivity index (χ1n) is 10.3. The fourth-order valence-electron chi connectivity index (χ4n) is 4.59. The number of quaternary nitrogens is 1. The normalized spacial score (nSPS) is 16.0. The van der Waals surface area contributed by atoms with Crippen LogP contribution in [0, 0.1) is 0 Å². The number of piperidine rings is 1. The van der Waals surface area contributed by atoms with Crippen LogP contribution in [0.5, 0.6) is 0 Å². The van der Waals surface area contributed by atoms with Crippen molar-refractivity contribution in [1.29, 1.82) is 0 Å². The molecule has 144 valence electrons. The van der Waals surface area contributed by atoms with E-state index in [4.69, 9.17) is 4.74 Å². The number of carbonyl (C=O) groups is 1. The summed E-state index contributed by atoms with van der Waals surface area (Å²) in [6.07, 6.45) is 1.65. The zero-order valence-corrected chi connectivity index (χ0v) is 16.3. The Morgan fingerprint density at radius 1 is 0.759 bits per heavy atom.